The average Bonchev–Trinajstić information content (AvgIpc) is 2.71. The number of rotatable bonds is 6. The molecule has 0 heterocycles. The summed E-state index contributed by atoms with van der Waals surface area (Å²) < 4.78 is 79.6. The average molecular weight is 457 g/mol. The predicted molar refractivity (Wildman–Crippen MR) is 109 cm³/mol. The molecule has 172 valence electrons. The van der Waals surface area contributed by atoms with Crippen LogP contribution >= 0.6 is 0 Å². The Bertz CT molecular complexity index is 1150. The number of amides is 1. The fourth-order valence-electron chi connectivity index (χ4n) is 3.87. The van der Waals surface area contributed by atoms with Crippen LogP contribution in [0, 0.1) is 5.92 Å². The molecule has 0 radical (unpaired) electrons. The molecule has 3 nitrogen and oxygen atoms in total. The van der Waals surface area contributed by atoms with Crippen LogP contribution in [0.3, 0.4) is 0 Å². The van der Waals surface area contributed by atoms with Gasteiger partial charge in [0.05, 0.1) is 23.7 Å². The van der Waals surface area contributed by atoms with Gasteiger partial charge in [0.2, 0.25) is 5.91 Å². The molecule has 32 heavy (non-hydrogen) atoms. The SMILES string of the molecule is CC(CCC(CO)C(N)=O)c1cc2ccc(C(F)(F)F)cc2c2cc(C(F)(F)F)ccc12. The maximum Gasteiger partial charge on any atom is 0.416 e. The Hall–Kier alpha value is -2.81. The normalized spacial score (nSPS) is 14.6. The van der Waals surface area contributed by atoms with Crippen molar-refractivity contribution in [1.82, 2.24) is 0 Å². The van der Waals surface area contributed by atoms with Crippen molar-refractivity contribution in [3.8, 4) is 0 Å². The van der Waals surface area contributed by atoms with Crippen molar-refractivity contribution in [2.75, 3.05) is 6.61 Å². The van der Waals surface area contributed by atoms with Crippen LogP contribution in [-0.4, -0.2) is 17.6 Å². The number of fused-ring (bicyclic) bond motifs is 3. The molecule has 0 aliphatic heterocycles. The minimum absolute atomic E-state index is 0.0684. The topological polar surface area (TPSA) is 63.3 Å². The van der Waals surface area contributed by atoms with Gasteiger partial charge in [0, 0.05) is 0 Å². The number of nitrogens with two attached hydrogens (primary N) is 1. The molecule has 3 rings (SSSR count). The quantitative estimate of drug-likeness (QED) is 0.352. The fraction of sp³-hybridized carbons (Fsp3) is 0.348. The second-order valence-electron chi connectivity index (χ2n) is 7.92. The molecule has 0 spiro atoms. The molecule has 9 heteroatoms. The number of aliphatic hydroxyl groups is 1. The molecule has 3 N–H and O–H groups in total. The first kappa shape index (κ1) is 23.8. The van der Waals surface area contributed by atoms with Crippen molar-refractivity contribution in [2.24, 2.45) is 11.7 Å². The van der Waals surface area contributed by atoms with Crippen molar-refractivity contribution in [1.29, 1.82) is 0 Å². The first-order valence-corrected chi connectivity index (χ1v) is 9.88. The molecule has 2 unspecified atom stereocenters. The Labute approximate surface area is 179 Å². The monoisotopic (exact) mass is 457 g/mol. The second kappa shape index (κ2) is 8.61. The van der Waals surface area contributed by atoms with Crippen LogP contribution in [0.4, 0.5) is 26.3 Å². The molecule has 0 saturated heterocycles. The van der Waals surface area contributed by atoms with Crippen LogP contribution < -0.4 is 5.73 Å². The summed E-state index contributed by atoms with van der Waals surface area (Å²) in [6.45, 7) is 1.38. The zero-order valence-electron chi connectivity index (χ0n) is 17.0. The first-order chi connectivity index (χ1) is 14.8. The largest absolute Gasteiger partial charge is 0.416 e. The van der Waals surface area contributed by atoms with Gasteiger partial charge < -0.3 is 10.8 Å². The van der Waals surface area contributed by atoms with Crippen molar-refractivity contribution >= 4 is 27.5 Å². The van der Waals surface area contributed by atoms with Crippen molar-refractivity contribution in [3.63, 3.8) is 0 Å². The summed E-state index contributed by atoms with van der Waals surface area (Å²) >= 11 is 0. The lowest BCUT2D eigenvalue weighted by molar-refractivity contribution is -0.138. The Morgan fingerprint density at radius 3 is 1.97 bits per heavy atom. The van der Waals surface area contributed by atoms with Crippen LogP contribution in [0.5, 0.6) is 0 Å². The van der Waals surface area contributed by atoms with Crippen LogP contribution in [0.15, 0.2) is 42.5 Å². The van der Waals surface area contributed by atoms with Gasteiger partial charge in [-0.15, -0.1) is 0 Å². The number of primary amides is 1. The number of carbonyl (C=O) groups is 1. The number of hydrogen-bond acceptors (Lipinski definition) is 2. The molecule has 0 fully saturated rings. The van der Waals surface area contributed by atoms with Crippen LogP contribution in [0.25, 0.3) is 21.5 Å². The van der Waals surface area contributed by atoms with Gasteiger partial charge in [-0.3, -0.25) is 4.79 Å². The highest BCUT2D eigenvalue weighted by Crippen LogP contribution is 2.40. The summed E-state index contributed by atoms with van der Waals surface area (Å²) in [5.74, 6) is -1.66. The summed E-state index contributed by atoms with van der Waals surface area (Å²) in [4.78, 5) is 11.4. The van der Waals surface area contributed by atoms with E-state index in [1.807, 2.05) is 0 Å². The van der Waals surface area contributed by atoms with Gasteiger partial charge in [0.15, 0.2) is 0 Å². The number of hydrogen-bond donors (Lipinski definition) is 2. The summed E-state index contributed by atoms with van der Waals surface area (Å²) in [5, 5.41) is 10.2. The highest BCUT2D eigenvalue weighted by atomic mass is 19.4. The Balaban J connectivity index is 2.19. The van der Waals surface area contributed by atoms with E-state index >= 15 is 0 Å². The number of alkyl halides is 6. The zero-order valence-corrected chi connectivity index (χ0v) is 17.0. The van der Waals surface area contributed by atoms with E-state index in [-0.39, 0.29) is 23.1 Å². The second-order valence-corrected chi connectivity index (χ2v) is 7.92. The van der Waals surface area contributed by atoms with Crippen molar-refractivity contribution in [2.45, 2.75) is 38.0 Å². The van der Waals surface area contributed by atoms with Gasteiger partial charge in [-0.2, -0.15) is 26.3 Å². The maximum atomic E-state index is 13.3. The van der Waals surface area contributed by atoms with E-state index < -0.39 is 41.9 Å². The zero-order chi connectivity index (χ0) is 23.8. The lowest BCUT2D eigenvalue weighted by Gasteiger charge is -2.20. The van der Waals surface area contributed by atoms with Gasteiger partial charge in [-0.1, -0.05) is 25.1 Å². The number of benzene rings is 3. The van der Waals surface area contributed by atoms with E-state index in [9.17, 15) is 36.2 Å². The van der Waals surface area contributed by atoms with E-state index in [0.717, 1.165) is 24.3 Å². The van der Waals surface area contributed by atoms with E-state index in [1.165, 1.54) is 12.1 Å². The Morgan fingerprint density at radius 2 is 1.44 bits per heavy atom. The smallest absolute Gasteiger partial charge is 0.396 e. The Kier molecular flexibility index (Phi) is 6.42. The van der Waals surface area contributed by atoms with E-state index in [4.69, 9.17) is 5.73 Å². The molecule has 0 saturated carbocycles. The molecule has 0 aliphatic carbocycles. The summed E-state index contributed by atoms with van der Waals surface area (Å²) in [7, 11) is 0. The molecule has 3 aromatic rings. The molecule has 2 atom stereocenters. The van der Waals surface area contributed by atoms with Crippen LogP contribution in [0.1, 0.15) is 42.4 Å². The third-order valence-corrected chi connectivity index (χ3v) is 5.74. The highest BCUT2D eigenvalue weighted by molar-refractivity contribution is 6.09. The standard InChI is InChI=1S/C23H21F6NO2/c1-12(2-3-14(11-31)21(30)32)18-8-13-4-5-15(22(24,25)26)9-19(13)20-10-16(23(27,28)29)6-7-17(18)20/h4-10,12,14,31H,2-3,11H2,1H3,(H2,30,32). The summed E-state index contributed by atoms with van der Waals surface area (Å²) in [5.41, 5.74) is 3.98. The van der Waals surface area contributed by atoms with E-state index in [0.29, 0.717) is 22.8 Å². The first-order valence-electron chi connectivity index (χ1n) is 9.88. The Morgan fingerprint density at radius 1 is 0.875 bits per heavy atom. The molecule has 0 bridgehead atoms. The van der Waals surface area contributed by atoms with Crippen molar-refractivity contribution < 1.29 is 36.2 Å². The van der Waals surface area contributed by atoms with E-state index in [1.54, 1.807) is 13.0 Å². The fourth-order valence-corrected chi connectivity index (χ4v) is 3.87. The van der Waals surface area contributed by atoms with Gasteiger partial charge in [-0.05, 0) is 70.1 Å². The summed E-state index contributed by atoms with van der Waals surface area (Å²) in [6, 6.07) is 7.70. The molecular weight excluding hydrogens is 436 g/mol. The van der Waals surface area contributed by atoms with Gasteiger partial charge >= 0.3 is 12.4 Å². The van der Waals surface area contributed by atoms with Gasteiger partial charge in [0.25, 0.3) is 0 Å². The van der Waals surface area contributed by atoms with Crippen LogP contribution in [0.2, 0.25) is 0 Å². The van der Waals surface area contributed by atoms with Gasteiger partial charge in [-0.25, -0.2) is 0 Å². The number of carbonyl (C=O) groups excluding carboxylic acids is 1. The molecular formula is C23H21F6NO2. The highest BCUT2D eigenvalue weighted by Gasteiger charge is 2.32. The summed E-state index contributed by atoms with van der Waals surface area (Å²) in [6.07, 6.45) is -8.63. The molecule has 0 aromatic heterocycles. The van der Waals surface area contributed by atoms with E-state index in [2.05, 4.69) is 0 Å². The number of aliphatic hydroxyl groups excluding tert-OH is 1. The molecule has 1 amide bonds. The maximum absolute atomic E-state index is 13.3. The molecule has 0 aliphatic rings. The van der Waals surface area contributed by atoms with Crippen molar-refractivity contribution in [3.05, 3.63) is 59.2 Å². The third-order valence-electron chi connectivity index (χ3n) is 5.74. The van der Waals surface area contributed by atoms with Gasteiger partial charge in [0.1, 0.15) is 0 Å². The van der Waals surface area contributed by atoms with Crippen LogP contribution in [-0.2, 0) is 17.1 Å². The molecule has 3 aromatic carbocycles. The minimum atomic E-state index is -4.65. The predicted octanol–water partition coefficient (Wildman–Crippen LogP) is 6.01. The lowest BCUT2D eigenvalue weighted by Crippen LogP contribution is -2.26. The lowest BCUT2D eigenvalue weighted by atomic mass is 9.86. The third kappa shape index (κ3) is 4.82. The number of halogens is 6. The minimum Gasteiger partial charge on any atom is -0.396 e.